The first-order chi connectivity index (χ1) is 24.9. The second-order valence-electron chi connectivity index (χ2n) is 13.9. The molecule has 10 nitrogen and oxygen atoms in total. The quantitative estimate of drug-likeness (QED) is 0.0157. The minimum atomic E-state index is -4.20. The average molecular weight is 817 g/mol. The summed E-state index contributed by atoms with van der Waals surface area (Å²) < 4.78 is 60.8. The minimum absolute atomic E-state index is 0. The third kappa shape index (κ3) is 55.9. The van der Waals surface area contributed by atoms with Crippen LogP contribution in [0.1, 0.15) is 194 Å². The first-order valence-electron chi connectivity index (χ1n) is 20.6. The fourth-order valence-corrected chi connectivity index (χ4v) is 6.58. The number of allylic oxidation sites excluding steroid dienone is 2. The molecule has 53 heavy (non-hydrogen) atoms. The Hall–Kier alpha value is -0.500. The summed E-state index contributed by atoms with van der Waals surface area (Å²) in [7, 11) is -8.14. The van der Waals surface area contributed by atoms with Crippen molar-refractivity contribution in [1.29, 1.82) is 0 Å². The number of carbonyl (C=O) groups is 1. The van der Waals surface area contributed by atoms with E-state index in [1.807, 2.05) is 12.2 Å². The summed E-state index contributed by atoms with van der Waals surface area (Å²) in [4.78, 5) is 15.2. The summed E-state index contributed by atoms with van der Waals surface area (Å²) in [5, 5.41) is 14.0. The van der Waals surface area contributed by atoms with Gasteiger partial charge >= 0.3 is 37.7 Å². The van der Waals surface area contributed by atoms with Gasteiger partial charge in [0.05, 0.1) is 15.9 Å². The smallest absolute Gasteiger partial charge is 0.859 e. The third-order valence-corrected chi connectivity index (χ3v) is 10.3. The molecule has 0 spiro atoms. The molecule has 0 saturated carbocycles. The van der Waals surface area contributed by atoms with Crippen LogP contribution < -0.4 is 10.4 Å². The fourth-order valence-electron chi connectivity index (χ4n) is 5.59. The van der Waals surface area contributed by atoms with Crippen LogP contribution in [-0.2, 0) is 25.0 Å². The second-order valence-corrected chi connectivity index (χ2v) is 17.0. The molecule has 0 atom stereocenters. The molecule has 0 heterocycles. The van der Waals surface area contributed by atoms with Crippen molar-refractivity contribution in [2.24, 2.45) is 4.99 Å². The monoisotopic (exact) mass is 816 g/mol. The molecule has 0 unspecified atom stereocenters. The van der Waals surface area contributed by atoms with Crippen LogP contribution in [0.5, 0.6) is 0 Å². The zero-order valence-electron chi connectivity index (χ0n) is 33.7. The number of nitrogens with zero attached hydrogens (tertiary/aromatic N) is 1. The van der Waals surface area contributed by atoms with Gasteiger partial charge in [0.25, 0.3) is 10.1 Å². The fraction of sp³-hybridized carbons (Fsp3) is 0.850. The van der Waals surface area contributed by atoms with Gasteiger partial charge in [-0.3, -0.25) is 9.35 Å². The Labute approximate surface area is 355 Å². The van der Waals surface area contributed by atoms with Gasteiger partial charge in [-0.05, 0) is 50.5 Å². The molecule has 13 heteroatoms. The predicted molar refractivity (Wildman–Crippen MR) is 221 cm³/mol. The van der Waals surface area contributed by atoms with Crippen LogP contribution in [0.25, 0.3) is 0 Å². The molecule has 0 aromatic carbocycles. The Morgan fingerprint density at radius 2 is 0.962 bits per heavy atom. The minimum Gasteiger partial charge on any atom is -0.859 e. The van der Waals surface area contributed by atoms with E-state index in [9.17, 15) is 31.3 Å². The summed E-state index contributed by atoms with van der Waals surface area (Å²) in [5.74, 6) is -1.35. The van der Waals surface area contributed by atoms with Crippen molar-refractivity contribution in [2.75, 3.05) is 24.6 Å². The van der Waals surface area contributed by atoms with Crippen LogP contribution in [0.3, 0.4) is 0 Å². The SMILES string of the molecule is CCCCCCCCCCCCCC/C=C/C(=O)NCCCS(=O)(=O)O.CCCCCCCCCCCCCC/C=C/C([O-])=NCCCS(=O)(=O)[O-].[Ca+2]. The van der Waals surface area contributed by atoms with Crippen molar-refractivity contribution in [3.05, 3.63) is 24.3 Å². The first kappa shape index (κ1) is 56.8. The molecule has 2 N–H and O–H groups in total. The van der Waals surface area contributed by atoms with Crippen molar-refractivity contribution >= 4 is 69.8 Å². The largest absolute Gasteiger partial charge is 2.00 e. The Morgan fingerprint density at radius 3 is 1.34 bits per heavy atom. The van der Waals surface area contributed by atoms with Crippen LogP contribution in [0.15, 0.2) is 29.3 Å². The molecule has 0 aliphatic rings. The second kappa shape index (κ2) is 42.6. The summed E-state index contributed by atoms with van der Waals surface area (Å²) in [6.45, 7) is 4.84. The van der Waals surface area contributed by atoms with Crippen LogP contribution in [0.2, 0.25) is 0 Å². The summed E-state index contributed by atoms with van der Waals surface area (Å²) >= 11 is 0. The standard InChI is InChI=1S/2C20H39NO4S.Ca/c2*1-2-3-4-5-6-7-8-9-10-11-12-13-14-15-17-20(22)21-18-16-19-26(23,24)25;/h2*15,17H,2-14,16,18-19H2,1H3,(H,21,22)(H,23,24,25);/q;;+2/p-2/b2*17-15+;. The maximum absolute atomic E-state index is 11.5. The van der Waals surface area contributed by atoms with Gasteiger partial charge in [0, 0.05) is 18.8 Å². The van der Waals surface area contributed by atoms with Gasteiger partial charge in [-0.15, -0.1) is 0 Å². The molecule has 0 aromatic heterocycles. The zero-order valence-corrected chi connectivity index (χ0v) is 37.6. The molecule has 0 rings (SSSR count). The number of hydrogen-bond donors (Lipinski definition) is 2. The Bertz CT molecular complexity index is 1110. The molecule has 0 radical (unpaired) electrons. The first-order valence-corrected chi connectivity index (χ1v) is 23.8. The normalized spacial score (nSPS) is 12.2. The number of hydrogen-bond acceptors (Lipinski definition) is 8. The number of amides is 1. The summed E-state index contributed by atoms with van der Waals surface area (Å²) in [5.41, 5.74) is 0. The number of rotatable bonds is 36. The molecule has 308 valence electrons. The van der Waals surface area contributed by atoms with E-state index in [4.69, 9.17) is 4.55 Å². The Morgan fingerprint density at radius 1 is 0.585 bits per heavy atom. The number of unbranched alkanes of at least 4 members (excludes halogenated alkanes) is 24. The van der Waals surface area contributed by atoms with Crippen molar-refractivity contribution in [1.82, 2.24) is 5.32 Å². The van der Waals surface area contributed by atoms with E-state index in [0.29, 0.717) is 0 Å². The van der Waals surface area contributed by atoms with Gasteiger partial charge in [-0.2, -0.15) is 8.42 Å². The van der Waals surface area contributed by atoms with Gasteiger partial charge in [-0.25, -0.2) is 8.42 Å². The average Bonchev–Trinajstić information content (AvgIpc) is 3.08. The van der Waals surface area contributed by atoms with Gasteiger partial charge in [-0.1, -0.05) is 173 Å². The van der Waals surface area contributed by atoms with Gasteiger partial charge in [0.1, 0.15) is 0 Å². The van der Waals surface area contributed by atoms with E-state index >= 15 is 0 Å². The van der Waals surface area contributed by atoms with Crippen LogP contribution in [-0.4, -0.2) is 100 Å². The van der Waals surface area contributed by atoms with E-state index in [-0.39, 0.29) is 81.2 Å². The number of carbonyl (C=O) groups excluding carboxylic acids is 1. The maximum Gasteiger partial charge on any atom is 2.00 e. The van der Waals surface area contributed by atoms with E-state index < -0.39 is 26.0 Å². The van der Waals surface area contributed by atoms with Gasteiger partial charge in [0.15, 0.2) is 0 Å². The number of nitrogens with one attached hydrogen (secondary N) is 1. The van der Waals surface area contributed by atoms with Gasteiger partial charge < -0.3 is 20.0 Å². The third-order valence-electron chi connectivity index (χ3n) is 8.68. The Kier molecular flexibility index (Phi) is 45.7. The molecular formula is C40H76CaN2O8S2. The zero-order chi connectivity index (χ0) is 39.0. The molecule has 1 amide bonds. The molecule has 0 fully saturated rings. The van der Waals surface area contributed by atoms with Crippen LogP contribution >= 0.6 is 0 Å². The van der Waals surface area contributed by atoms with E-state index in [1.54, 1.807) is 0 Å². The van der Waals surface area contributed by atoms with Crippen LogP contribution in [0.4, 0.5) is 0 Å². The van der Waals surface area contributed by atoms with Gasteiger partial charge in [0.2, 0.25) is 5.91 Å². The van der Waals surface area contributed by atoms with E-state index in [1.165, 1.54) is 153 Å². The topological polar surface area (TPSA) is 176 Å². The van der Waals surface area contributed by atoms with Crippen molar-refractivity contribution in [3.8, 4) is 0 Å². The number of aliphatic imine (C=N–C) groups is 1. The van der Waals surface area contributed by atoms with Crippen LogP contribution in [0, 0.1) is 0 Å². The van der Waals surface area contributed by atoms with Crippen molar-refractivity contribution < 1.29 is 35.8 Å². The van der Waals surface area contributed by atoms with E-state index in [0.717, 1.165) is 25.7 Å². The van der Waals surface area contributed by atoms with E-state index in [2.05, 4.69) is 24.2 Å². The Balaban J connectivity index is -0.000000926. The molecule has 0 bridgehead atoms. The molecule has 0 saturated heterocycles. The van der Waals surface area contributed by atoms with Crippen molar-refractivity contribution in [3.63, 3.8) is 0 Å². The van der Waals surface area contributed by atoms with Crippen molar-refractivity contribution in [2.45, 2.75) is 194 Å². The molecule has 0 aliphatic heterocycles. The maximum atomic E-state index is 11.5. The molecule has 0 aromatic rings. The molecule has 0 aliphatic carbocycles. The predicted octanol–water partition coefficient (Wildman–Crippen LogP) is 8.98. The summed E-state index contributed by atoms with van der Waals surface area (Å²) in [6.07, 6.45) is 40.3. The summed E-state index contributed by atoms with van der Waals surface area (Å²) in [6, 6.07) is 0. The molecular weight excluding hydrogens is 741 g/mol.